The predicted octanol–water partition coefficient (Wildman–Crippen LogP) is 0.906. The highest BCUT2D eigenvalue weighted by atomic mass is 32.2. The van der Waals surface area contributed by atoms with E-state index in [1.54, 1.807) is 14.0 Å². The second-order valence-electron chi connectivity index (χ2n) is 6.12. The Balaban J connectivity index is 1.76. The van der Waals surface area contributed by atoms with Crippen LogP contribution in [0.4, 0.5) is 0 Å². The minimum absolute atomic E-state index is 0.258. The summed E-state index contributed by atoms with van der Waals surface area (Å²) in [6, 6.07) is 0. The van der Waals surface area contributed by atoms with Crippen molar-refractivity contribution in [1.82, 2.24) is 20.2 Å². The molecular formula is C13H22N4O2S. The molecule has 0 unspecified atom stereocenters. The van der Waals surface area contributed by atoms with Crippen LogP contribution in [0.1, 0.15) is 37.1 Å². The lowest BCUT2D eigenvalue weighted by atomic mass is 10.0. The first-order valence-electron chi connectivity index (χ1n) is 7.17. The number of rotatable bonds is 7. The molecule has 0 aliphatic heterocycles. The summed E-state index contributed by atoms with van der Waals surface area (Å²) in [6.45, 7) is 2.76. The van der Waals surface area contributed by atoms with Crippen LogP contribution in [0.3, 0.4) is 0 Å². The van der Waals surface area contributed by atoms with E-state index in [2.05, 4.69) is 20.2 Å². The molecule has 0 aromatic carbocycles. The van der Waals surface area contributed by atoms with E-state index in [9.17, 15) is 8.42 Å². The van der Waals surface area contributed by atoms with Gasteiger partial charge in [0.15, 0.2) is 0 Å². The molecule has 0 spiro atoms. The van der Waals surface area contributed by atoms with E-state index < -0.39 is 10.0 Å². The van der Waals surface area contributed by atoms with Crippen LogP contribution in [0.2, 0.25) is 0 Å². The van der Waals surface area contributed by atoms with E-state index >= 15 is 0 Å². The highest BCUT2D eigenvalue weighted by molar-refractivity contribution is 7.89. The summed E-state index contributed by atoms with van der Waals surface area (Å²) < 4.78 is 27.9. The molecular weight excluding hydrogens is 276 g/mol. The summed E-state index contributed by atoms with van der Waals surface area (Å²) in [7, 11) is -1.71. The van der Waals surface area contributed by atoms with Gasteiger partial charge in [0.1, 0.15) is 4.90 Å². The number of H-pyrrole nitrogens is 1. The molecule has 2 fully saturated rings. The number of hydrogen-bond donors (Lipinski definition) is 3. The van der Waals surface area contributed by atoms with E-state index in [1.165, 1.54) is 12.8 Å². The third kappa shape index (κ3) is 2.49. The minimum Gasteiger partial charge on any atom is -0.314 e. The number of nitrogens with one attached hydrogen (secondary N) is 3. The Hall–Kier alpha value is -0.920. The van der Waals surface area contributed by atoms with Gasteiger partial charge >= 0.3 is 0 Å². The Morgan fingerprint density at radius 3 is 2.65 bits per heavy atom. The molecule has 0 saturated heterocycles. The van der Waals surface area contributed by atoms with E-state index in [4.69, 9.17) is 0 Å². The van der Waals surface area contributed by atoms with E-state index in [1.807, 2.05) is 0 Å². The molecule has 112 valence electrons. The van der Waals surface area contributed by atoms with Gasteiger partial charge < -0.3 is 5.32 Å². The van der Waals surface area contributed by atoms with Gasteiger partial charge in [-0.25, -0.2) is 13.1 Å². The van der Waals surface area contributed by atoms with Gasteiger partial charge in [0, 0.05) is 13.1 Å². The SMILES string of the molecule is CNCc1n[nH]c(C)c1S(=O)(=O)NCC1(C2CC2)CC1. The Bertz CT molecular complexity index is 600. The standard InChI is InChI=1S/C13H22N4O2S/c1-9-12(11(7-14-2)17-16-9)20(18,19)15-8-13(5-6-13)10-3-4-10/h10,14-15H,3-8H2,1-2H3,(H,16,17). The predicted molar refractivity (Wildman–Crippen MR) is 75.7 cm³/mol. The topological polar surface area (TPSA) is 86.9 Å². The summed E-state index contributed by atoms with van der Waals surface area (Å²) in [5.41, 5.74) is 1.40. The summed E-state index contributed by atoms with van der Waals surface area (Å²) >= 11 is 0. The minimum atomic E-state index is -3.48. The zero-order valence-electron chi connectivity index (χ0n) is 12.0. The maximum Gasteiger partial charge on any atom is 0.244 e. The van der Waals surface area contributed by atoms with Crippen LogP contribution in [0, 0.1) is 18.3 Å². The molecule has 6 nitrogen and oxygen atoms in total. The van der Waals surface area contributed by atoms with Crippen LogP contribution in [-0.2, 0) is 16.6 Å². The largest absolute Gasteiger partial charge is 0.314 e. The number of aryl methyl sites for hydroxylation is 1. The van der Waals surface area contributed by atoms with Crippen LogP contribution in [0.25, 0.3) is 0 Å². The quantitative estimate of drug-likeness (QED) is 0.698. The van der Waals surface area contributed by atoms with Crippen LogP contribution >= 0.6 is 0 Å². The first-order chi connectivity index (χ1) is 9.48. The maximum atomic E-state index is 12.5. The third-order valence-electron chi connectivity index (χ3n) is 4.52. The number of hydrogen-bond acceptors (Lipinski definition) is 4. The average molecular weight is 298 g/mol. The van der Waals surface area contributed by atoms with Gasteiger partial charge in [0.25, 0.3) is 0 Å². The number of aromatic nitrogens is 2. The molecule has 1 heterocycles. The van der Waals surface area contributed by atoms with Crippen molar-refractivity contribution in [3.8, 4) is 0 Å². The van der Waals surface area contributed by atoms with Crippen molar-refractivity contribution in [3.05, 3.63) is 11.4 Å². The first kappa shape index (κ1) is 14.0. The van der Waals surface area contributed by atoms with Crippen molar-refractivity contribution in [2.24, 2.45) is 11.3 Å². The molecule has 1 aromatic rings. The molecule has 3 N–H and O–H groups in total. The fourth-order valence-electron chi connectivity index (χ4n) is 3.01. The zero-order valence-corrected chi connectivity index (χ0v) is 12.8. The zero-order chi connectivity index (χ0) is 14.4. The van der Waals surface area contributed by atoms with Crippen molar-refractivity contribution in [3.63, 3.8) is 0 Å². The molecule has 0 bridgehead atoms. The normalized spacial score (nSPS) is 21.1. The van der Waals surface area contributed by atoms with Gasteiger partial charge in [0.05, 0.1) is 11.4 Å². The molecule has 3 rings (SSSR count). The number of aromatic amines is 1. The molecule has 7 heteroatoms. The van der Waals surface area contributed by atoms with E-state index in [0.717, 1.165) is 18.8 Å². The number of nitrogens with zero attached hydrogens (tertiary/aromatic N) is 1. The highest BCUT2D eigenvalue weighted by Crippen LogP contribution is 2.60. The van der Waals surface area contributed by atoms with Gasteiger partial charge in [0.2, 0.25) is 10.0 Å². The monoisotopic (exact) mass is 298 g/mol. The van der Waals surface area contributed by atoms with Crippen LogP contribution in [0.15, 0.2) is 4.90 Å². The molecule has 1 aromatic heterocycles. The molecule has 0 atom stereocenters. The summed E-state index contributed by atoms with van der Waals surface area (Å²) in [4.78, 5) is 0.304. The lowest BCUT2D eigenvalue weighted by molar-refractivity contribution is 0.431. The number of sulfonamides is 1. The maximum absolute atomic E-state index is 12.5. The Morgan fingerprint density at radius 2 is 2.10 bits per heavy atom. The Morgan fingerprint density at radius 1 is 1.40 bits per heavy atom. The summed E-state index contributed by atoms with van der Waals surface area (Å²) in [6.07, 6.45) is 4.84. The molecule has 20 heavy (non-hydrogen) atoms. The fourth-order valence-corrected chi connectivity index (χ4v) is 4.51. The second kappa shape index (κ2) is 4.82. The molecule has 2 aliphatic carbocycles. The Labute approximate surface area is 119 Å². The van der Waals surface area contributed by atoms with Crippen LogP contribution in [0.5, 0.6) is 0 Å². The van der Waals surface area contributed by atoms with Crippen molar-refractivity contribution < 1.29 is 8.42 Å². The molecule has 2 aliphatic rings. The van der Waals surface area contributed by atoms with Gasteiger partial charge in [-0.1, -0.05) is 0 Å². The van der Waals surface area contributed by atoms with Crippen LogP contribution < -0.4 is 10.0 Å². The van der Waals surface area contributed by atoms with Crippen molar-refractivity contribution in [1.29, 1.82) is 0 Å². The first-order valence-corrected chi connectivity index (χ1v) is 8.65. The van der Waals surface area contributed by atoms with Crippen molar-refractivity contribution >= 4 is 10.0 Å². The second-order valence-corrected chi connectivity index (χ2v) is 7.82. The van der Waals surface area contributed by atoms with E-state index in [-0.39, 0.29) is 5.41 Å². The molecule has 2 saturated carbocycles. The smallest absolute Gasteiger partial charge is 0.244 e. The van der Waals surface area contributed by atoms with Crippen LogP contribution in [-0.4, -0.2) is 32.2 Å². The fraction of sp³-hybridized carbons (Fsp3) is 0.769. The van der Waals surface area contributed by atoms with Gasteiger partial charge in [-0.05, 0) is 51.0 Å². The van der Waals surface area contributed by atoms with Crippen molar-refractivity contribution in [2.75, 3.05) is 13.6 Å². The van der Waals surface area contributed by atoms with Gasteiger partial charge in [-0.2, -0.15) is 5.10 Å². The van der Waals surface area contributed by atoms with Gasteiger partial charge in [-0.3, -0.25) is 5.10 Å². The molecule has 0 amide bonds. The lowest BCUT2D eigenvalue weighted by Gasteiger charge is -2.15. The highest BCUT2D eigenvalue weighted by Gasteiger charge is 2.53. The average Bonchev–Trinajstić information content (AvgIpc) is 3.26. The van der Waals surface area contributed by atoms with Gasteiger partial charge in [-0.15, -0.1) is 0 Å². The Kier molecular flexibility index (Phi) is 3.38. The summed E-state index contributed by atoms with van der Waals surface area (Å²) in [5, 5.41) is 9.79. The summed E-state index contributed by atoms with van der Waals surface area (Å²) in [5.74, 6) is 0.743. The molecule has 0 radical (unpaired) electrons. The lowest BCUT2D eigenvalue weighted by Crippen LogP contribution is -2.32. The van der Waals surface area contributed by atoms with Crippen molar-refractivity contribution in [2.45, 2.75) is 44.0 Å². The third-order valence-corrected chi connectivity index (χ3v) is 6.13. The van der Waals surface area contributed by atoms with E-state index in [0.29, 0.717) is 29.4 Å².